The van der Waals surface area contributed by atoms with Crippen LogP contribution < -0.4 is 11.1 Å². The number of hydrogen-bond donors (Lipinski definition) is 2. The molecule has 20 heavy (non-hydrogen) atoms. The Kier molecular flexibility index (Phi) is 4.13. The fourth-order valence-corrected chi connectivity index (χ4v) is 1.70. The Morgan fingerprint density at radius 2 is 2.25 bits per heavy atom. The fourth-order valence-electron chi connectivity index (χ4n) is 1.70. The predicted octanol–water partition coefficient (Wildman–Crippen LogP) is 1.25. The minimum absolute atomic E-state index is 0.261. The van der Waals surface area contributed by atoms with Crippen LogP contribution in [0.2, 0.25) is 0 Å². The van der Waals surface area contributed by atoms with Crippen molar-refractivity contribution in [1.82, 2.24) is 10.1 Å². The number of aryl methyl sites for hydroxylation is 2. The number of anilines is 1. The molecule has 2 rings (SSSR count). The van der Waals surface area contributed by atoms with Crippen LogP contribution in [0, 0.1) is 25.7 Å². The normalized spacial score (nSPS) is 9.75. The van der Waals surface area contributed by atoms with Gasteiger partial charge in [0.1, 0.15) is 22.8 Å². The molecule has 2 heterocycles. The molecule has 2 aromatic heterocycles. The van der Waals surface area contributed by atoms with Crippen molar-refractivity contribution in [2.75, 3.05) is 11.9 Å². The molecule has 1 amide bonds. The zero-order valence-corrected chi connectivity index (χ0v) is 11.2. The van der Waals surface area contributed by atoms with Crippen LogP contribution >= 0.6 is 0 Å². The molecule has 0 saturated heterocycles. The number of carbonyl (C=O) groups excluding carboxylic acids is 1. The van der Waals surface area contributed by atoms with E-state index >= 15 is 0 Å². The summed E-state index contributed by atoms with van der Waals surface area (Å²) in [5, 5.41) is 6.44. The Hall–Kier alpha value is -2.65. The minimum Gasteiger partial charge on any atom is -0.361 e. The first kappa shape index (κ1) is 13.8. The molecule has 0 unspecified atom stereocenters. The summed E-state index contributed by atoms with van der Waals surface area (Å²) in [4.78, 5) is 16.3. The van der Waals surface area contributed by atoms with Gasteiger partial charge < -0.3 is 15.6 Å². The lowest BCUT2D eigenvalue weighted by molar-refractivity contribution is 0.102. The molecule has 0 fully saturated rings. The van der Waals surface area contributed by atoms with E-state index in [1.807, 2.05) is 0 Å². The second-order valence-electron chi connectivity index (χ2n) is 4.07. The van der Waals surface area contributed by atoms with E-state index in [-0.39, 0.29) is 12.5 Å². The number of nitrogens with zero attached hydrogens (tertiary/aromatic N) is 2. The Morgan fingerprint density at radius 1 is 1.45 bits per heavy atom. The highest BCUT2D eigenvalue weighted by Gasteiger charge is 2.17. The molecular formula is C14H14N4O2. The van der Waals surface area contributed by atoms with Gasteiger partial charge in [-0.05, 0) is 31.9 Å². The maximum Gasteiger partial charge on any atom is 0.262 e. The first-order valence-corrected chi connectivity index (χ1v) is 6.02. The van der Waals surface area contributed by atoms with Crippen molar-refractivity contribution in [3.8, 4) is 11.8 Å². The molecule has 2 aromatic rings. The van der Waals surface area contributed by atoms with Gasteiger partial charge in [-0.1, -0.05) is 17.1 Å². The summed E-state index contributed by atoms with van der Waals surface area (Å²) >= 11 is 0. The largest absolute Gasteiger partial charge is 0.361 e. The second kappa shape index (κ2) is 5.99. The summed E-state index contributed by atoms with van der Waals surface area (Å²) in [6.45, 7) is 3.66. The first-order valence-electron chi connectivity index (χ1n) is 6.02. The maximum absolute atomic E-state index is 12.1. The van der Waals surface area contributed by atoms with Crippen molar-refractivity contribution in [3.63, 3.8) is 0 Å². The summed E-state index contributed by atoms with van der Waals surface area (Å²) in [5.74, 6) is 6.09. The van der Waals surface area contributed by atoms with Gasteiger partial charge in [-0.15, -0.1) is 0 Å². The quantitative estimate of drug-likeness (QED) is 0.801. The number of carbonyl (C=O) groups is 1. The van der Waals surface area contributed by atoms with Crippen LogP contribution in [0.3, 0.4) is 0 Å². The minimum atomic E-state index is -0.308. The van der Waals surface area contributed by atoms with Gasteiger partial charge in [0.15, 0.2) is 0 Å². The van der Waals surface area contributed by atoms with E-state index in [1.165, 1.54) is 0 Å². The molecule has 3 N–H and O–H groups in total. The lowest BCUT2D eigenvalue weighted by Gasteiger charge is -2.04. The van der Waals surface area contributed by atoms with Crippen molar-refractivity contribution < 1.29 is 9.32 Å². The highest BCUT2D eigenvalue weighted by molar-refractivity contribution is 6.05. The van der Waals surface area contributed by atoms with Gasteiger partial charge in [0.2, 0.25) is 0 Å². The second-order valence-corrected chi connectivity index (χ2v) is 4.07. The molecule has 0 radical (unpaired) electrons. The summed E-state index contributed by atoms with van der Waals surface area (Å²) < 4.78 is 4.96. The summed E-state index contributed by atoms with van der Waals surface area (Å²) in [5.41, 5.74) is 6.81. The molecule has 6 nitrogen and oxygen atoms in total. The van der Waals surface area contributed by atoms with Crippen LogP contribution in [0.15, 0.2) is 22.7 Å². The van der Waals surface area contributed by atoms with Crippen molar-refractivity contribution in [2.24, 2.45) is 5.73 Å². The molecule has 0 aromatic carbocycles. The Balaban J connectivity index is 2.20. The maximum atomic E-state index is 12.1. The van der Waals surface area contributed by atoms with Crippen molar-refractivity contribution in [3.05, 3.63) is 40.9 Å². The average molecular weight is 270 g/mol. The molecule has 0 aliphatic heterocycles. The van der Waals surface area contributed by atoms with E-state index in [0.29, 0.717) is 28.5 Å². The van der Waals surface area contributed by atoms with Gasteiger partial charge in [0.05, 0.1) is 12.2 Å². The Labute approximate surface area is 116 Å². The first-order chi connectivity index (χ1) is 9.61. The predicted molar refractivity (Wildman–Crippen MR) is 74.1 cm³/mol. The zero-order valence-electron chi connectivity index (χ0n) is 11.2. The number of rotatable bonds is 2. The van der Waals surface area contributed by atoms with E-state index in [1.54, 1.807) is 32.0 Å². The third-order valence-electron chi connectivity index (χ3n) is 2.57. The molecule has 6 heteroatoms. The van der Waals surface area contributed by atoms with E-state index in [2.05, 4.69) is 27.3 Å². The molecule has 0 aliphatic carbocycles. The number of pyridine rings is 1. The number of nitrogens with one attached hydrogen (secondary N) is 1. The van der Waals surface area contributed by atoms with Gasteiger partial charge in [0.25, 0.3) is 5.91 Å². The third kappa shape index (κ3) is 3.02. The van der Waals surface area contributed by atoms with Crippen LogP contribution in [0.4, 0.5) is 5.82 Å². The Bertz CT molecular complexity index is 675. The number of hydrogen-bond acceptors (Lipinski definition) is 5. The van der Waals surface area contributed by atoms with Gasteiger partial charge in [-0.25, -0.2) is 4.98 Å². The van der Waals surface area contributed by atoms with Crippen LogP contribution in [0.25, 0.3) is 0 Å². The lowest BCUT2D eigenvalue weighted by atomic mass is 10.2. The van der Waals surface area contributed by atoms with Crippen molar-refractivity contribution >= 4 is 11.7 Å². The molecule has 0 atom stereocenters. The van der Waals surface area contributed by atoms with E-state index in [4.69, 9.17) is 10.3 Å². The van der Waals surface area contributed by atoms with Crippen LogP contribution in [-0.4, -0.2) is 22.6 Å². The topological polar surface area (TPSA) is 94.0 Å². The average Bonchev–Trinajstić information content (AvgIpc) is 2.76. The SMILES string of the molecule is Cc1noc(C)c1C(=O)Nc1cccc(C#CCN)n1. The highest BCUT2D eigenvalue weighted by Crippen LogP contribution is 2.14. The van der Waals surface area contributed by atoms with E-state index in [9.17, 15) is 4.79 Å². The monoisotopic (exact) mass is 270 g/mol. The van der Waals surface area contributed by atoms with Crippen molar-refractivity contribution in [2.45, 2.75) is 13.8 Å². The van der Waals surface area contributed by atoms with E-state index < -0.39 is 0 Å². The molecular weight excluding hydrogens is 256 g/mol. The van der Waals surface area contributed by atoms with Crippen molar-refractivity contribution in [1.29, 1.82) is 0 Å². The van der Waals surface area contributed by atoms with Crippen LogP contribution in [0.5, 0.6) is 0 Å². The van der Waals surface area contributed by atoms with Gasteiger partial charge in [0, 0.05) is 0 Å². The van der Waals surface area contributed by atoms with Crippen LogP contribution in [-0.2, 0) is 0 Å². The molecule has 0 spiro atoms. The standard InChI is InChI=1S/C14H14N4O2/c1-9-13(10(2)20-18-9)14(19)17-12-7-3-5-11(16-12)6-4-8-15/h3,5,7H,8,15H2,1-2H3,(H,16,17,19). The molecule has 0 saturated carbocycles. The summed E-state index contributed by atoms with van der Waals surface area (Å²) in [7, 11) is 0. The molecule has 0 aliphatic rings. The smallest absolute Gasteiger partial charge is 0.262 e. The van der Waals surface area contributed by atoms with Gasteiger partial charge in [-0.2, -0.15) is 0 Å². The Morgan fingerprint density at radius 3 is 2.90 bits per heavy atom. The van der Waals surface area contributed by atoms with Gasteiger partial charge >= 0.3 is 0 Å². The fraction of sp³-hybridized carbons (Fsp3) is 0.214. The molecule has 0 bridgehead atoms. The van der Waals surface area contributed by atoms with E-state index in [0.717, 1.165) is 0 Å². The highest BCUT2D eigenvalue weighted by atomic mass is 16.5. The van der Waals surface area contributed by atoms with Crippen LogP contribution in [0.1, 0.15) is 27.5 Å². The summed E-state index contributed by atoms with van der Waals surface area (Å²) in [6, 6.07) is 5.19. The molecule has 102 valence electrons. The summed E-state index contributed by atoms with van der Waals surface area (Å²) in [6.07, 6.45) is 0. The number of aromatic nitrogens is 2. The number of amides is 1. The zero-order chi connectivity index (χ0) is 14.5. The lowest BCUT2D eigenvalue weighted by Crippen LogP contribution is -2.14. The third-order valence-corrected chi connectivity index (χ3v) is 2.57. The number of nitrogens with two attached hydrogens (primary N) is 1. The van der Waals surface area contributed by atoms with Gasteiger partial charge in [-0.3, -0.25) is 4.79 Å².